The van der Waals surface area contributed by atoms with E-state index in [0.717, 1.165) is 36.2 Å². The molecule has 0 bridgehead atoms. The van der Waals surface area contributed by atoms with Gasteiger partial charge in [0.05, 0.1) is 0 Å². The first-order chi connectivity index (χ1) is 8.99. The van der Waals surface area contributed by atoms with Crippen LogP contribution in [-0.4, -0.2) is 13.1 Å². The number of halogens is 1. The first kappa shape index (κ1) is 14.5. The fraction of sp³-hybridized carbons (Fsp3) is 0.647. The Morgan fingerprint density at radius 2 is 2.00 bits per heavy atom. The van der Waals surface area contributed by atoms with E-state index in [1.807, 2.05) is 13.8 Å². The van der Waals surface area contributed by atoms with Gasteiger partial charge in [-0.3, -0.25) is 0 Å². The second kappa shape index (κ2) is 6.04. The summed E-state index contributed by atoms with van der Waals surface area (Å²) < 4.78 is 14.2. The molecule has 1 aliphatic rings. The average molecular weight is 263 g/mol. The van der Waals surface area contributed by atoms with E-state index in [1.165, 1.54) is 6.42 Å². The summed E-state index contributed by atoms with van der Waals surface area (Å²) in [6, 6.07) is 3.79. The van der Waals surface area contributed by atoms with Crippen molar-refractivity contribution in [3.63, 3.8) is 0 Å². The summed E-state index contributed by atoms with van der Waals surface area (Å²) in [5, 5.41) is 3.51. The molecule has 2 heteroatoms. The van der Waals surface area contributed by atoms with Crippen LogP contribution in [-0.2, 0) is 0 Å². The van der Waals surface area contributed by atoms with Gasteiger partial charge in [0, 0.05) is 0 Å². The van der Waals surface area contributed by atoms with Gasteiger partial charge in [-0.1, -0.05) is 19.9 Å². The van der Waals surface area contributed by atoms with Gasteiger partial charge in [-0.25, -0.2) is 4.39 Å². The molecule has 1 saturated carbocycles. The number of aryl methyl sites for hydroxylation is 2. The third-order valence-electron chi connectivity index (χ3n) is 4.23. The third-order valence-corrected chi connectivity index (χ3v) is 4.23. The lowest BCUT2D eigenvalue weighted by Gasteiger charge is -2.38. The van der Waals surface area contributed by atoms with Crippen molar-refractivity contribution in [1.29, 1.82) is 0 Å². The smallest absolute Gasteiger partial charge is 0.127 e. The molecule has 2 atom stereocenters. The highest BCUT2D eigenvalue weighted by molar-refractivity contribution is 5.36. The molecule has 1 aromatic carbocycles. The highest BCUT2D eigenvalue weighted by atomic mass is 19.1. The largest absolute Gasteiger partial charge is 0.316 e. The molecule has 19 heavy (non-hydrogen) atoms. The normalized spacial score (nSPS) is 22.6. The molecule has 1 aliphatic carbocycles. The first-order valence-electron chi connectivity index (χ1n) is 7.46. The molecule has 1 N–H and O–H groups in total. The average Bonchev–Trinajstić information content (AvgIpc) is 2.27. The van der Waals surface area contributed by atoms with E-state index in [4.69, 9.17) is 0 Å². The topological polar surface area (TPSA) is 12.0 Å². The fourth-order valence-electron chi connectivity index (χ4n) is 3.15. The van der Waals surface area contributed by atoms with Gasteiger partial charge < -0.3 is 5.32 Å². The van der Waals surface area contributed by atoms with Crippen LogP contribution in [0.25, 0.3) is 0 Å². The highest BCUT2D eigenvalue weighted by Crippen LogP contribution is 2.44. The lowest BCUT2D eigenvalue weighted by Crippen LogP contribution is -2.36. The maximum absolute atomic E-state index is 14.2. The number of hydrogen-bond acceptors (Lipinski definition) is 1. The van der Waals surface area contributed by atoms with Crippen molar-refractivity contribution in [1.82, 2.24) is 5.32 Å². The zero-order valence-corrected chi connectivity index (χ0v) is 12.6. The number of benzene rings is 1. The second-order valence-corrected chi connectivity index (χ2v) is 6.47. The number of rotatable bonds is 5. The van der Waals surface area contributed by atoms with Crippen LogP contribution in [0.5, 0.6) is 0 Å². The zero-order valence-electron chi connectivity index (χ0n) is 12.6. The van der Waals surface area contributed by atoms with Crippen molar-refractivity contribution in [2.75, 3.05) is 13.1 Å². The summed E-state index contributed by atoms with van der Waals surface area (Å²) in [5.74, 6) is 1.70. The molecule has 1 fully saturated rings. The molecule has 0 aromatic heterocycles. The SMILES string of the molecule is Cc1cc(C)c(C2CCC2CNCC(C)C)c(F)c1. The third kappa shape index (κ3) is 3.36. The molecule has 1 nitrogen and oxygen atoms in total. The molecular formula is C17H26FN. The molecule has 0 aliphatic heterocycles. The number of nitrogens with one attached hydrogen (secondary N) is 1. The van der Waals surface area contributed by atoms with Crippen molar-refractivity contribution in [3.8, 4) is 0 Å². The minimum Gasteiger partial charge on any atom is -0.316 e. The van der Waals surface area contributed by atoms with Crippen molar-refractivity contribution < 1.29 is 4.39 Å². The molecule has 0 saturated heterocycles. The highest BCUT2D eigenvalue weighted by Gasteiger charge is 2.34. The van der Waals surface area contributed by atoms with Crippen LogP contribution >= 0.6 is 0 Å². The van der Waals surface area contributed by atoms with Crippen LogP contribution in [0.3, 0.4) is 0 Å². The summed E-state index contributed by atoms with van der Waals surface area (Å²) in [5.41, 5.74) is 3.11. The molecule has 2 unspecified atom stereocenters. The van der Waals surface area contributed by atoms with Crippen LogP contribution in [0.15, 0.2) is 12.1 Å². The quantitative estimate of drug-likeness (QED) is 0.840. The second-order valence-electron chi connectivity index (χ2n) is 6.47. The molecule has 2 rings (SSSR count). The molecule has 0 heterocycles. The Morgan fingerprint density at radius 1 is 1.26 bits per heavy atom. The van der Waals surface area contributed by atoms with Crippen LogP contribution < -0.4 is 5.32 Å². The fourth-order valence-corrected chi connectivity index (χ4v) is 3.15. The van der Waals surface area contributed by atoms with Crippen LogP contribution in [0.2, 0.25) is 0 Å². The molecule has 0 amide bonds. The maximum Gasteiger partial charge on any atom is 0.127 e. The van der Waals surface area contributed by atoms with E-state index in [0.29, 0.717) is 17.8 Å². The minimum absolute atomic E-state index is 0.00365. The lowest BCUT2D eigenvalue weighted by atomic mass is 9.68. The Bertz CT molecular complexity index is 416. The molecular weight excluding hydrogens is 237 g/mol. The van der Waals surface area contributed by atoms with E-state index in [-0.39, 0.29) is 5.82 Å². The summed E-state index contributed by atoms with van der Waals surface area (Å²) >= 11 is 0. The van der Waals surface area contributed by atoms with Gasteiger partial charge in [-0.2, -0.15) is 0 Å². The van der Waals surface area contributed by atoms with Crippen LogP contribution in [0, 0.1) is 31.5 Å². The number of hydrogen-bond donors (Lipinski definition) is 1. The van der Waals surface area contributed by atoms with E-state index in [1.54, 1.807) is 6.07 Å². The van der Waals surface area contributed by atoms with Crippen molar-refractivity contribution in [2.45, 2.75) is 46.5 Å². The van der Waals surface area contributed by atoms with E-state index in [9.17, 15) is 4.39 Å². The van der Waals surface area contributed by atoms with Crippen LogP contribution in [0.4, 0.5) is 4.39 Å². The van der Waals surface area contributed by atoms with Crippen molar-refractivity contribution in [3.05, 3.63) is 34.6 Å². The summed E-state index contributed by atoms with van der Waals surface area (Å²) in [4.78, 5) is 0. The zero-order chi connectivity index (χ0) is 14.0. The monoisotopic (exact) mass is 263 g/mol. The van der Waals surface area contributed by atoms with Gasteiger partial charge in [-0.15, -0.1) is 0 Å². The van der Waals surface area contributed by atoms with E-state index >= 15 is 0 Å². The Morgan fingerprint density at radius 3 is 2.53 bits per heavy atom. The van der Waals surface area contributed by atoms with Gasteiger partial charge in [0.25, 0.3) is 0 Å². The van der Waals surface area contributed by atoms with E-state index in [2.05, 4.69) is 25.2 Å². The Balaban J connectivity index is 2.02. The summed E-state index contributed by atoms with van der Waals surface area (Å²) in [6.07, 6.45) is 2.36. The predicted octanol–water partition coefficient (Wildman–Crippen LogP) is 4.18. The van der Waals surface area contributed by atoms with Gasteiger partial charge in [0.15, 0.2) is 0 Å². The molecule has 106 valence electrons. The van der Waals surface area contributed by atoms with Gasteiger partial charge in [0.2, 0.25) is 0 Å². The summed E-state index contributed by atoms with van der Waals surface area (Å²) in [7, 11) is 0. The Kier molecular flexibility index (Phi) is 4.62. The van der Waals surface area contributed by atoms with Crippen LogP contribution in [0.1, 0.15) is 49.3 Å². The molecule has 0 spiro atoms. The van der Waals surface area contributed by atoms with Crippen molar-refractivity contribution in [2.24, 2.45) is 11.8 Å². The first-order valence-corrected chi connectivity index (χ1v) is 7.46. The Labute approximate surface area is 116 Å². The van der Waals surface area contributed by atoms with Gasteiger partial charge in [0.1, 0.15) is 5.82 Å². The maximum atomic E-state index is 14.2. The summed E-state index contributed by atoms with van der Waals surface area (Å²) in [6.45, 7) is 10.5. The van der Waals surface area contributed by atoms with E-state index < -0.39 is 0 Å². The molecule has 1 aromatic rings. The standard InChI is InChI=1S/C17H26FN/c1-11(2)9-19-10-14-5-6-15(14)17-13(4)7-12(3)8-16(17)18/h7-8,11,14-15,19H,5-6,9-10H2,1-4H3. The minimum atomic E-state index is -0.00365. The lowest BCUT2D eigenvalue weighted by molar-refractivity contribution is 0.237. The van der Waals surface area contributed by atoms with Gasteiger partial charge in [-0.05, 0) is 80.3 Å². The van der Waals surface area contributed by atoms with Crippen molar-refractivity contribution >= 4 is 0 Å². The van der Waals surface area contributed by atoms with Gasteiger partial charge >= 0.3 is 0 Å². The molecule has 0 radical (unpaired) electrons. The Hall–Kier alpha value is -0.890. The predicted molar refractivity (Wildman–Crippen MR) is 79.0 cm³/mol.